The summed E-state index contributed by atoms with van der Waals surface area (Å²) in [5.41, 5.74) is 1.24. The molecule has 0 fully saturated rings. The summed E-state index contributed by atoms with van der Waals surface area (Å²) >= 11 is 0. The number of aromatic carboxylic acids is 1. The zero-order valence-electron chi connectivity index (χ0n) is 11.3. The summed E-state index contributed by atoms with van der Waals surface area (Å²) in [7, 11) is 0. The Balaban J connectivity index is 2.48. The number of nitrogens with zero attached hydrogens (tertiary/aromatic N) is 2. The summed E-state index contributed by atoms with van der Waals surface area (Å²) in [6.45, 7) is 4.18. The number of para-hydroxylation sites is 1. The third kappa shape index (κ3) is 2.61. The van der Waals surface area contributed by atoms with Crippen LogP contribution < -0.4 is 4.90 Å². The minimum absolute atomic E-state index is 0.121. The molecular formula is C15H15FN2O2. The van der Waals surface area contributed by atoms with Gasteiger partial charge in [-0.3, -0.25) is 0 Å². The fourth-order valence-electron chi connectivity index (χ4n) is 2.07. The number of carboxylic acid groups (broad SMARTS) is 1. The van der Waals surface area contributed by atoms with E-state index < -0.39 is 5.97 Å². The number of aryl methyl sites for hydroxylation is 1. The number of hydrogen-bond acceptors (Lipinski definition) is 3. The maximum absolute atomic E-state index is 13.9. The van der Waals surface area contributed by atoms with E-state index in [1.54, 1.807) is 30.0 Å². The number of anilines is 2. The quantitative estimate of drug-likeness (QED) is 0.928. The van der Waals surface area contributed by atoms with Gasteiger partial charge in [0.15, 0.2) is 0 Å². The molecule has 4 nitrogen and oxygen atoms in total. The summed E-state index contributed by atoms with van der Waals surface area (Å²) in [5, 5.41) is 8.94. The van der Waals surface area contributed by atoms with E-state index in [1.165, 1.54) is 18.3 Å². The second kappa shape index (κ2) is 5.69. The van der Waals surface area contributed by atoms with Crippen LogP contribution in [0.15, 0.2) is 36.5 Å². The lowest BCUT2D eigenvalue weighted by molar-refractivity contribution is 0.0696. The molecule has 20 heavy (non-hydrogen) atoms. The first-order chi connectivity index (χ1) is 9.54. The standard InChI is InChI=1S/C15H15FN2O2/c1-3-18(13-7-5-4-6-12(13)16)14-10(2)8-11(9-17-14)15(19)20/h4-9H,3H2,1-2H3,(H,19,20). The minimum atomic E-state index is -1.03. The largest absolute Gasteiger partial charge is 0.478 e. The van der Waals surface area contributed by atoms with Crippen LogP contribution in [-0.2, 0) is 0 Å². The molecule has 0 saturated heterocycles. The van der Waals surface area contributed by atoms with Crippen LogP contribution in [0.3, 0.4) is 0 Å². The van der Waals surface area contributed by atoms with Gasteiger partial charge in [0.25, 0.3) is 0 Å². The van der Waals surface area contributed by atoms with Crippen molar-refractivity contribution in [1.29, 1.82) is 0 Å². The fourth-order valence-corrected chi connectivity index (χ4v) is 2.07. The van der Waals surface area contributed by atoms with Crippen molar-refractivity contribution in [2.75, 3.05) is 11.4 Å². The van der Waals surface area contributed by atoms with Gasteiger partial charge in [-0.2, -0.15) is 0 Å². The highest BCUT2D eigenvalue weighted by molar-refractivity contribution is 5.88. The molecule has 1 aromatic carbocycles. The molecule has 1 heterocycles. The Labute approximate surface area is 116 Å². The van der Waals surface area contributed by atoms with Crippen molar-refractivity contribution in [3.63, 3.8) is 0 Å². The van der Waals surface area contributed by atoms with E-state index in [-0.39, 0.29) is 11.4 Å². The Morgan fingerprint density at radius 2 is 2.10 bits per heavy atom. The van der Waals surface area contributed by atoms with Crippen molar-refractivity contribution in [2.24, 2.45) is 0 Å². The van der Waals surface area contributed by atoms with Crippen molar-refractivity contribution >= 4 is 17.5 Å². The van der Waals surface area contributed by atoms with Crippen LogP contribution in [0.1, 0.15) is 22.8 Å². The molecule has 0 bridgehead atoms. The lowest BCUT2D eigenvalue weighted by atomic mass is 10.2. The van der Waals surface area contributed by atoms with Crippen LogP contribution in [0.2, 0.25) is 0 Å². The van der Waals surface area contributed by atoms with Crippen molar-refractivity contribution in [2.45, 2.75) is 13.8 Å². The summed E-state index contributed by atoms with van der Waals surface area (Å²) in [5.74, 6) is -0.804. The highest BCUT2D eigenvalue weighted by Gasteiger charge is 2.16. The van der Waals surface area contributed by atoms with Crippen LogP contribution in [0.25, 0.3) is 0 Å². The number of rotatable bonds is 4. The maximum atomic E-state index is 13.9. The first-order valence-electron chi connectivity index (χ1n) is 6.26. The van der Waals surface area contributed by atoms with Crippen LogP contribution in [0.5, 0.6) is 0 Å². The van der Waals surface area contributed by atoms with E-state index >= 15 is 0 Å². The molecule has 5 heteroatoms. The lowest BCUT2D eigenvalue weighted by Gasteiger charge is -2.24. The van der Waals surface area contributed by atoms with Crippen molar-refractivity contribution in [3.05, 3.63) is 53.5 Å². The molecule has 0 saturated carbocycles. The lowest BCUT2D eigenvalue weighted by Crippen LogP contribution is -2.20. The van der Waals surface area contributed by atoms with Gasteiger partial charge in [-0.15, -0.1) is 0 Å². The van der Waals surface area contributed by atoms with Gasteiger partial charge < -0.3 is 10.0 Å². The van der Waals surface area contributed by atoms with E-state index in [2.05, 4.69) is 4.98 Å². The molecule has 0 atom stereocenters. The maximum Gasteiger partial charge on any atom is 0.337 e. The first kappa shape index (κ1) is 14.0. The molecule has 2 aromatic rings. The zero-order valence-corrected chi connectivity index (χ0v) is 11.3. The summed E-state index contributed by atoms with van der Waals surface area (Å²) in [4.78, 5) is 16.8. The Morgan fingerprint density at radius 1 is 1.40 bits per heavy atom. The van der Waals surface area contributed by atoms with Gasteiger partial charge in [0.2, 0.25) is 0 Å². The number of hydrogen-bond donors (Lipinski definition) is 1. The molecule has 0 aliphatic heterocycles. The fraction of sp³-hybridized carbons (Fsp3) is 0.200. The van der Waals surface area contributed by atoms with Gasteiger partial charge in [-0.05, 0) is 37.6 Å². The third-order valence-corrected chi connectivity index (χ3v) is 3.01. The summed E-state index contributed by atoms with van der Waals surface area (Å²) in [6.07, 6.45) is 1.29. The summed E-state index contributed by atoms with van der Waals surface area (Å²) in [6, 6.07) is 7.97. The number of halogens is 1. The molecule has 1 aromatic heterocycles. The van der Waals surface area contributed by atoms with E-state index in [1.807, 2.05) is 6.92 Å². The van der Waals surface area contributed by atoms with E-state index in [4.69, 9.17) is 5.11 Å². The summed E-state index contributed by atoms with van der Waals surface area (Å²) < 4.78 is 13.9. The predicted octanol–water partition coefficient (Wildman–Crippen LogP) is 3.39. The molecular weight excluding hydrogens is 259 g/mol. The Kier molecular flexibility index (Phi) is 3.98. The monoisotopic (exact) mass is 274 g/mol. The normalized spacial score (nSPS) is 10.3. The van der Waals surface area contributed by atoms with E-state index in [9.17, 15) is 9.18 Å². The molecule has 2 rings (SSSR count). The first-order valence-corrected chi connectivity index (χ1v) is 6.26. The van der Waals surface area contributed by atoms with Gasteiger partial charge in [0.05, 0.1) is 11.3 Å². The number of aromatic nitrogens is 1. The molecule has 0 spiro atoms. The second-order valence-corrected chi connectivity index (χ2v) is 4.37. The Bertz CT molecular complexity index is 644. The average Bonchev–Trinajstić information content (AvgIpc) is 2.43. The Hall–Kier alpha value is -2.43. The third-order valence-electron chi connectivity index (χ3n) is 3.01. The number of carbonyl (C=O) groups is 1. The SMILES string of the molecule is CCN(c1ccccc1F)c1ncc(C(=O)O)cc1C. The minimum Gasteiger partial charge on any atom is -0.478 e. The van der Waals surface area contributed by atoms with Gasteiger partial charge in [-0.25, -0.2) is 14.2 Å². The number of benzene rings is 1. The van der Waals surface area contributed by atoms with Gasteiger partial charge >= 0.3 is 5.97 Å². The number of pyridine rings is 1. The van der Waals surface area contributed by atoms with Crippen LogP contribution in [-0.4, -0.2) is 22.6 Å². The smallest absolute Gasteiger partial charge is 0.337 e. The highest BCUT2D eigenvalue weighted by Crippen LogP contribution is 2.28. The molecule has 1 N–H and O–H groups in total. The van der Waals surface area contributed by atoms with Crippen molar-refractivity contribution < 1.29 is 14.3 Å². The molecule has 0 amide bonds. The van der Waals surface area contributed by atoms with Gasteiger partial charge in [0, 0.05) is 12.7 Å². The molecule has 104 valence electrons. The van der Waals surface area contributed by atoms with Crippen molar-refractivity contribution in [1.82, 2.24) is 4.98 Å². The predicted molar refractivity (Wildman–Crippen MR) is 75.0 cm³/mol. The van der Waals surface area contributed by atoms with E-state index in [0.717, 1.165) is 0 Å². The molecule has 0 aliphatic carbocycles. The molecule has 0 unspecified atom stereocenters. The Morgan fingerprint density at radius 3 is 2.65 bits per heavy atom. The average molecular weight is 274 g/mol. The molecule has 0 radical (unpaired) electrons. The second-order valence-electron chi connectivity index (χ2n) is 4.37. The number of carboxylic acids is 1. The van der Waals surface area contributed by atoms with Gasteiger partial charge in [-0.1, -0.05) is 12.1 Å². The van der Waals surface area contributed by atoms with Crippen LogP contribution in [0, 0.1) is 12.7 Å². The van der Waals surface area contributed by atoms with Crippen molar-refractivity contribution in [3.8, 4) is 0 Å². The highest BCUT2D eigenvalue weighted by atomic mass is 19.1. The topological polar surface area (TPSA) is 53.4 Å². The van der Waals surface area contributed by atoms with Crippen LogP contribution >= 0.6 is 0 Å². The van der Waals surface area contributed by atoms with Crippen LogP contribution in [0.4, 0.5) is 15.9 Å². The molecule has 0 aliphatic rings. The van der Waals surface area contributed by atoms with Gasteiger partial charge in [0.1, 0.15) is 11.6 Å². The van der Waals surface area contributed by atoms with E-state index in [0.29, 0.717) is 23.6 Å². The zero-order chi connectivity index (χ0) is 14.7.